The SMILES string of the molecule is CCC1NC(=O)C(C(C)CC)N(C2CCOC2)C1=O. The Morgan fingerprint density at radius 3 is 2.68 bits per heavy atom. The molecule has 2 amide bonds. The van der Waals surface area contributed by atoms with Gasteiger partial charge in [-0.25, -0.2) is 0 Å². The van der Waals surface area contributed by atoms with Crippen LogP contribution in [0.1, 0.15) is 40.0 Å². The number of piperazine rings is 1. The summed E-state index contributed by atoms with van der Waals surface area (Å²) < 4.78 is 5.40. The van der Waals surface area contributed by atoms with Crippen LogP contribution in [0.25, 0.3) is 0 Å². The average molecular weight is 268 g/mol. The summed E-state index contributed by atoms with van der Waals surface area (Å²) in [5.74, 6) is 0.220. The Morgan fingerprint density at radius 1 is 1.42 bits per heavy atom. The molecule has 4 atom stereocenters. The zero-order valence-corrected chi connectivity index (χ0v) is 12.0. The highest BCUT2D eigenvalue weighted by Crippen LogP contribution is 2.26. The predicted molar refractivity (Wildman–Crippen MR) is 71.5 cm³/mol. The highest BCUT2D eigenvalue weighted by molar-refractivity contribution is 5.97. The molecule has 0 saturated carbocycles. The predicted octanol–water partition coefficient (Wildman–Crippen LogP) is 0.927. The molecule has 2 heterocycles. The van der Waals surface area contributed by atoms with Gasteiger partial charge in [-0.1, -0.05) is 27.2 Å². The first-order valence-corrected chi connectivity index (χ1v) is 7.30. The van der Waals surface area contributed by atoms with Crippen LogP contribution in [0.3, 0.4) is 0 Å². The summed E-state index contributed by atoms with van der Waals surface area (Å²) in [5, 5.41) is 2.86. The van der Waals surface area contributed by atoms with Gasteiger partial charge in [0.25, 0.3) is 0 Å². The van der Waals surface area contributed by atoms with Crippen molar-refractivity contribution in [1.82, 2.24) is 10.2 Å². The molecule has 5 nitrogen and oxygen atoms in total. The molecule has 0 aromatic heterocycles. The maximum atomic E-state index is 12.6. The number of nitrogens with zero attached hydrogens (tertiary/aromatic N) is 1. The first-order chi connectivity index (χ1) is 9.10. The van der Waals surface area contributed by atoms with Crippen molar-refractivity contribution < 1.29 is 14.3 Å². The van der Waals surface area contributed by atoms with Crippen molar-refractivity contribution in [2.24, 2.45) is 5.92 Å². The molecule has 108 valence electrons. The molecule has 0 aromatic rings. The van der Waals surface area contributed by atoms with Crippen LogP contribution < -0.4 is 5.32 Å². The molecular formula is C14H24N2O3. The standard InChI is InChI=1S/C14H24N2O3/c1-4-9(3)12-13(17)15-11(5-2)14(18)16(12)10-6-7-19-8-10/h9-12H,4-8H2,1-3H3,(H,15,17). The number of carbonyl (C=O) groups is 2. The van der Waals surface area contributed by atoms with Crippen molar-refractivity contribution >= 4 is 11.8 Å². The normalized spacial score (nSPS) is 33.4. The van der Waals surface area contributed by atoms with Crippen molar-refractivity contribution in [3.63, 3.8) is 0 Å². The van der Waals surface area contributed by atoms with Gasteiger partial charge in [-0.05, 0) is 18.8 Å². The summed E-state index contributed by atoms with van der Waals surface area (Å²) in [7, 11) is 0. The topological polar surface area (TPSA) is 58.6 Å². The molecule has 2 fully saturated rings. The summed E-state index contributed by atoms with van der Waals surface area (Å²) in [6.07, 6.45) is 2.36. The largest absolute Gasteiger partial charge is 0.379 e. The monoisotopic (exact) mass is 268 g/mol. The fraction of sp³-hybridized carbons (Fsp3) is 0.857. The minimum atomic E-state index is -0.367. The van der Waals surface area contributed by atoms with Crippen molar-refractivity contribution in [2.75, 3.05) is 13.2 Å². The zero-order valence-electron chi connectivity index (χ0n) is 12.0. The third kappa shape index (κ3) is 2.61. The van der Waals surface area contributed by atoms with Crippen LogP contribution >= 0.6 is 0 Å². The van der Waals surface area contributed by atoms with Gasteiger partial charge in [0, 0.05) is 6.61 Å². The first-order valence-electron chi connectivity index (χ1n) is 7.30. The van der Waals surface area contributed by atoms with Crippen molar-refractivity contribution in [1.29, 1.82) is 0 Å². The van der Waals surface area contributed by atoms with Crippen LogP contribution in [0.5, 0.6) is 0 Å². The Kier molecular flexibility index (Phi) is 4.45. The van der Waals surface area contributed by atoms with Gasteiger partial charge in [0.1, 0.15) is 12.1 Å². The first kappa shape index (κ1) is 14.3. The van der Waals surface area contributed by atoms with Gasteiger partial charge in [-0.2, -0.15) is 0 Å². The maximum Gasteiger partial charge on any atom is 0.246 e. The molecule has 0 radical (unpaired) electrons. The van der Waals surface area contributed by atoms with E-state index in [1.54, 1.807) is 0 Å². The van der Waals surface area contributed by atoms with E-state index in [0.29, 0.717) is 19.6 Å². The molecule has 0 bridgehead atoms. The molecule has 5 heteroatoms. The number of carbonyl (C=O) groups excluding carboxylic acids is 2. The van der Waals surface area contributed by atoms with Crippen LogP contribution in [-0.4, -0.2) is 48.1 Å². The number of hydrogen-bond acceptors (Lipinski definition) is 3. The zero-order chi connectivity index (χ0) is 14.0. The lowest BCUT2D eigenvalue weighted by Crippen LogP contribution is -2.67. The summed E-state index contributed by atoms with van der Waals surface area (Å²) in [6.45, 7) is 7.25. The van der Waals surface area contributed by atoms with Gasteiger partial charge in [0.15, 0.2) is 0 Å². The molecule has 0 spiro atoms. The minimum absolute atomic E-state index is 0.00676. The summed E-state index contributed by atoms with van der Waals surface area (Å²) >= 11 is 0. The number of nitrogens with one attached hydrogen (secondary N) is 1. The van der Waals surface area contributed by atoms with Gasteiger partial charge in [-0.3, -0.25) is 9.59 Å². The lowest BCUT2D eigenvalue weighted by molar-refractivity contribution is -0.154. The third-order valence-corrected chi connectivity index (χ3v) is 4.33. The van der Waals surface area contributed by atoms with Crippen LogP contribution in [0.15, 0.2) is 0 Å². The van der Waals surface area contributed by atoms with E-state index in [1.165, 1.54) is 0 Å². The quantitative estimate of drug-likeness (QED) is 0.825. The maximum absolute atomic E-state index is 12.6. The third-order valence-electron chi connectivity index (χ3n) is 4.33. The molecular weight excluding hydrogens is 244 g/mol. The Balaban J connectivity index is 2.27. The minimum Gasteiger partial charge on any atom is -0.379 e. The molecule has 2 rings (SSSR count). The van der Waals surface area contributed by atoms with Crippen LogP contribution in [0, 0.1) is 5.92 Å². The number of ether oxygens (including phenoxy) is 1. The molecule has 1 N–H and O–H groups in total. The lowest BCUT2D eigenvalue weighted by atomic mass is 9.91. The van der Waals surface area contributed by atoms with Gasteiger partial charge in [0.2, 0.25) is 11.8 Å². The number of amides is 2. The Bertz CT molecular complexity index is 353. The fourth-order valence-electron chi connectivity index (χ4n) is 2.94. The molecule has 4 unspecified atom stereocenters. The van der Waals surface area contributed by atoms with Crippen molar-refractivity contribution in [3.05, 3.63) is 0 Å². The second-order valence-electron chi connectivity index (χ2n) is 5.56. The van der Waals surface area contributed by atoms with Crippen molar-refractivity contribution in [3.8, 4) is 0 Å². The van der Waals surface area contributed by atoms with E-state index in [2.05, 4.69) is 12.2 Å². The molecule has 19 heavy (non-hydrogen) atoms. The van der Waals surface area contributed by atoms with Gasteiger partial charge < -0.3 is 15.0 Å². The molecule has 0 aromatic carbocycles. The Labute approximate surface area is 114 Å². The smallest absolute Gasteiger partial charge is 0.246 e. The number of hydrogen-bond donors (Lipinski definition) is 1. The molecule has 0 aliphatic carbocycles. The molecule has 2 saturated heterocycles. The highest BCUT2D eigenvalue weighted by atomic mass is 16.5. The van der Waals surface area contributed by atoms with Gasteiger partial charge in [0.05, 0.1) is 12.6 Å². The van der Waals surface area contributed by atoms with E-state index in [9.17, 15) is 9.59 Å². The Hall–Kier alpha value is -1.10. The van der Waals surface area contributed by atoms with E-state index in [1.807, 2.05) is 18.7 Å². The van der Waals surface area contributed by atoms with E-state index in [-0.39, 0.29) is 35.9 Å². The van der Waals surface area contributed by atoms with E-state index in [0.717, 1.165) is 12.8 Å². The lowest BCUT2D eigenvalue weighted by Gasteiger charge is -2.44. The average Bonchev–Trinajstić information content (AvgIpc) is 2.93. The Morgan fingerprint density at radius 2 is 2.16 bits per heavy atom. The number of rotatable bonds is 4. The van der Waals surface area contributed by atoms with Crippen LogP contribution in [0.4, 0.5) is 0 Å². The van der Waals surface area contributed by atoms with Crippen LogP contribution in [0.2, 0.25) is 0 Å². The van der Waals surface area contributed by atoms with E-state index < -0.39 is 0 Å². The second kappa shape index (κ2) is 5.90. The van der Waals surface area contributed by atoms with Gasteiger partial charge >= 0.3 is 0 Å². The van der Waals surface area contributed by atoms with Crippen LogP contribution in [-0.2, 0) is 14.3 Å². The summed E-state index contributed by atoms with van der Waals surface area (Å²) in [4.78, 5) is 26.7. The van der Waals surface area contributed by atoms with Crippen molar-refractivity contribution in [2.45, 2.75) is 58.2 Å². The highest BCUT2D eigenvalue weighted by Gasteiger charge is 2.45. The van der Waals surface area contributed by atoms with E-state index >= 15 is 0 Å². The summed E-state index contributed by atoms with van der Waals surface area (Å²) in [6, 6.07) is -0.646. The summed E-state index contributed by atoms with van der Waals surface area (Å²) in [5.41, 5.74) is 0. The molecule has 2 aliphatic rings. The second-order valence-corrected chi connectivity index (χ2v) is 5.56. The fourth-order valence-corrected chi connectivity index (χ4v) is 2.94. The molecule has 2 aliphatic heterocycles. The van der Waals surface area contributed by atoms with E-state index in [4.69, 9.17) is 4.74 Å². The van der Waals surface area contributed by atoms with Gasteiger partial charge in [-0.15, -0.1) is 0 Å².